The minimum atomic E-state index is -0.0495. The zero-order chi connectivity index (χ0) is 28.7. The van der Waals surface area contributed by atoms with Crippen LogP contribution in [0.4, 0.5) is 0 Å². The van der Waals surface area contributed by atoms with Gasteiger partial charge in [-0.15, -0.1) is 0 Å². The molecule has 4 aliphatic rings. The van der Waals surface area contributed by atoms with Crippen LogP contribution in [0.15, 0.2) is 71.9 Å². The number of hydrogen-bond acceptors (Lipinski definition) is 0. The van der Waals surface area contributed by atoms with Gasteiger partial charge >= 0.3 is 0 Å². The van der Waals surface area contributed by atoms with Crippen LogP contribution in [-0.4, -0.2) is 0 Å². The molecule has 5 rings (SSSR count). The van der Waals surface area contributed by atoms with E-state index in [2.05, 4.69) is 93.2 Å². The van der Waals surface area contributed by atoms with Crippen LogP contribution in [-0.2, 0) is 12.8 Å². The molecule has 2 unspecified atom stereocenters. The Labute approximate surface area is 239 Å². The monoisotopic (exact) mass is 520 g/mol. The van der Waals surface area contributed by atoms with E-state index in [0.29, 0.717) is 17.8 Å². The summed E-state index contributed by atoms with van der Waals surface area (Å²) in [5.74, 6) is 1.46. The Morgan fingerprint density at radius 2 is 1.79 bits per heavy atom. The topological polar surface area (TPSA) is 0 Å². The highest BCUT2D eigenvalue weighted by Gasteiger charge is 2.61. The van der Waals surface area contributed by atoms with Crippen molar-refractivity contribution >= 4 is 5.57 Å². The lowest BCUT2D eigenvalue weighted by Gasteiger charge is -2.64. The molecule has 39 heavy (non-hydrogen) atoms. The van der Waals surface area contributed by atoms with Gasteiger partial charge in [0.1, 0.15) is 0 Å². The van der Waals surface area contributed by atoms with Crippen LogP contribution in [0.3, 0.4) is 0 Å². The summed E-state index contributed by atoms with van der Waals surface area (Å²) in [6.07, 6.45) is 13.8. The molecule has 0 heterocycles. The zero-order valence-electron chi connectivity index (χ0n) is 26.4. The van der Waals surface area contributed by atoms with E-state index in [4.69, 9.17) is 13.2 Å². The van der Waals surface area contributed by atoms with E-state index in [1.807, 2.05) is 0 Å². The van der Waals surface area contributed by atoms with Crippen molar-refractivity contribution in [1.29, 1.82) is 0 Å². The highest BCUT2D eigenvalue weighted by Crippen LogP contribution is 2.71. The lowest BCUT2D eigenvalue weighted by molar-refractivity contribution is -0.00215. The first-order chi connectivity index (χ1) is 18.2. The van der Waals surface area contributed by atoms with E-state index in [1.165, 1.54) is 63.0 Å². The molecule has 0 saturated heterocycles. The van der Waals surface area contributed by atoms with Crippen LogP contribution < -0.4 is 0 Å². The molecule has 5 atom stereocenters. The van der Waals surface area contributed by atoms with Crippen molar-refractivity contribution in [3.8, 4) is 0 Å². The second-order valence-electron chi connectivity index (χ2n) is 14.8. The van der Waals surface area contributed by atoms with E-state index in [0.717, 1.165) is 25.7 Å². The van der Waals surface area contributed by atoms with Gasteiger partial charge in [-0.3, -0.25) is 0 Å². The number of hydrogen-bond donors (Lipinski definition) is 0. The minimum Gasteiger partial charge on any atom is -0.0995 e. The van der Waals surface area contributed by atoms with Crippen LogP contribution in [0, 0.1) is 35.0 Å². The predicted molar refractivity (Wildman–Crippen MR) is 171 cm³/mol. The van der Waals surface area contributed by atoms with Crippen molar-refractivity contribution in [3.05, 3.63) is 99.7 Å². The van der Waals surface area contributed by atoms with E-state index in [-0.39, 0.29) is 16.2 Å². The lowest BCUT2D eigenvalue weighted by atomic mass is 9.39. The fourth-order valence-corrected chi connectivity index (χ4v) is 9.97. The molecular formula is C39H52. The quantitative estimate of drug-likeness (QED) is 0.339. The van der Waals surface area contributed by atoms with Gasteiger partial charge in [-0.2, -0.15) is 0 Å². The Kier molecular flexibility index (Phi) is 6.77. The fourth-order valence-electron chi connectivity index (χ4n) is 9.97. The Morgan fingerprint density at radius 3 is 2.38 bits per heavy atom. The lowest BCUT2D eigenvalue weighted by Crippen LogP contribution is -2.55. The molecule has 1 aromatic carbocycles. The standard InChI is InChI=1S/C39H52/c1-23(2)32-19-31(18-17-30-15-13-14-16-30)26(6)35-27(7)36-29(9)39(12)28(8)34(24(3)4)25(5)20-38(39,11)22-37(36,10)21-33(32)35/h13,15-16,19,23,25,34H,3,7-8,14,17-18,20-22H2,1-2,4-6,9-12H3/t25?,34?,37-,38+,39-/m1/s1. The summed E-state index contributed by atoms with van der Waals surface area (Å²) in [6.45, 7) is 36.0. The van der Waals surface area contributed by atoms with Crippen LogP contribution in [0.2, 0.25) is 0 Å². The average molecular weight is 521 g/mol. The van der Waals surface area contributed by atoms with Gasteiger partial charge < -0.3 is 0 Å². The third-order valence-electron chi connectivity index (χ3n) is 11.8. The SMILES string of the molecule is C=C1C2=C(C)[C@@]3(C)C(=C)C(C(=C)C)C(C)C[C@@]3(C)C[C@@]2(C)Cc2c(C(C)C)cc(CCC3=CCC=C3)c(C)c21. The Morgan fingerprint density at radius 1 is 1.10 bits per heavy atom. The Bertz CT molecular complexity index is 1370. The molecule has 0 N–H and O–H groups in total. The van der Waals surface area contributed by atoms with Gasteiger partial charge in [0.2, 0.25) is 0 Å². The van der Waals surface area contributed by atoms with Crippen molar-refractivity contribution in [2.24, 2.45) is 28.1 Å². The maximum absolute atomic E-state index is 4.93. The second-order valence-corrected chi connectivity index (χ2v) is 14.8. The van der Waals surface area contributed by atoms with Crippen LogP contribution >= 0.6 is 0 Å². The first-order valence-corrected chi connectivity index (χ1v) is 15.4. The van der Waals surface area contributed by atoms with E-state index in [1.54, 1.807) is 11.1 Å². The summed E-state index contributed by atoms with van der Waals surface area (Å²) in [5, 5.41) is 0. The van der Waals surface area contributed by atoms with Gasteiger partial charge in [-0.05, 0) is 121 Å². The van der Waals surface area contributed by atoms with Gasteiger partial charge in [0.25, 0.3) is 0 Å². The molecule has 1 saturated carbocycles. The number of aryl methyl sites for hydroxylation is 1. The van der Waals surface area contributed by atoms with E-state index < -0.39 is 0 Å². The van der Waals surface area contributed by atoms with Gasteiger partial charge in [-0.1, -0.05) is 108 Å². The summed E-state index contributed by atoms with van der Waals surface area (Å²) in [5.41, 5.74) is 16.2. The summed E-state index contributed by atoms with van der Waals surface area (Å²) in [7, 11) is 0. The largest absolute Gasteiger partial charge is 0.0995 e. The maximum Gasteiger partial charge on any atom is 0.0153 e. The molecule has 208 valence electrons. The minimum absolute atomic E-state index is 0.0495. The van der Waals surface area contributed by atoms with Gasteiger partial charge in [0.15, 0.2) is 0 Å². The molecule has 0 aliphatic heterocycles. The van der Waals surface area contributed by atoms with Gasteiger partial charge in [0.05, 0.1) is 0 Å². The molecule has 1 aromatic rings. The summed E-state index contributed by atoms with van der Waals surface area (Å²) >= 11 is 0. The van der Waals surface area contributed by atoms with Gasteiger partial charge in [-0.25, -0.2) is 0 Å². The Hall–Kier alpha value is -2.34. The number of allylic oxidation sites excluding steroid dienone is 9. The molecule has 4 aliphatic carbocycles. The number of rotatable bonds is 5. The van der Waals surface area contributed by atoms with Crippen molar-refractivity contribution in [1.82, 2.24) is 0 Å². The highest BCUT2D eigenvalue weighted by molar-refractivity contribution is 5.87. The van der Waals surface area contributed by atoms with E-state index >= 15 is 0 Å². The summed E-state index contributed by atoms with van der Waals surface area (Å²) < 4.78 is 0. The normalized spacial score (nSPS) is 33.7. The first kappa shape index (κ1) is 28.2. The molecule has 0 aromatic heterocycles. The zero-order valence-corrected chi connectivity index (χ0v) is 26.4. The van der Waals surface area contributed by atoms with Crippen molar-refractivity contribution in [2.45, 2.75) is 107 Å². The predicted octanol–water partition coefficient (Wildman–Crippen LogP) is 11.0. The number of fused-ring (bicyclic) bond motifs is 3. The number of benzene rings is 1. The maximum atomic E-state index is 4.93. The highest BCUT2D eigenvalue weighted by atomic mass is 14.6. The van der Waals surface area contributed by atoms with Crippen LogP contribution in [0.5, 0.6) is 0 Å². The summed E-state index contributed by atoms with van der Waals surface area (Å²) in [6, 6.07) is 2.56. The first-order valence-electron chi connectivity index (χ1n) is 15.4. The average Bonchev–Trinajstić information content (AvgIpc) is 3.34. The third kappa shape index (κ3) is 3.99. The second kappa shape index (κ2) is 9.36. The molecular weight excluding hydrogens is 468 g/mol. The molecule has 0 radical (unpaired) electrons. The Balaban J connectivity index is 1.69. The molecule has 1 fully saturated rings. The molecule has 0 nitrogen and oxygen atoms in total. The van der Waals surface area contributed by atoms with Gasteiger partial charge in [0, 0.05) is 11.3 Å². The molecule has 0 heteroatoms. The van der Waals surface area contributed by atoms with Crippen molar-refractivity contribution in [3.63, 3.8) is 0 Å². The van der Waals surface area contributed by atoms with Crippen LogP contribution in [0.25, 0.3) is 5.57 Å². The third-order valence-corrected chi connectivity index (χ3v) is 11.8. The molecule has 0 amide bonds. The van der Waals surface area contributed by atoms with E-state index in [9.17, 15) is 0 Å². The fraction of sp³-hybridized carbons (Fsp3) is 0.538. The summed E-state index contributed by atoms with van der Waals surface area (Å²) in [4.78, 5) is 0. The van der Waals surface area contributed by atoms with Crippen LogP contribution in [0.1, 0.15) is 115 Å². The van der Waals surface area contributed by atoms with Crippen molar-refractivity contribution < 1.29 is 0 Å². The smallest absolute Gasteiger partial charge is 0.0153 e. The molecule has 0 bridgehead atoms. The van der Waals surface area contributed by atoms with Crippen molar-refractivity contribution in [2.75, 3.05) is 0 Å². The molecule has 0 spiro atoms.